The molecule has 0 aromatic rings. The van der Waals surface area contributed by atoms with Crippen molar-refractivity contribution in [1.82, 2.24) is 0 Å². The van der Waals surface area contributed by atoms with Gasteiger partial charge < -0.3 is 4.74 Å². The fraction of sp³-hybridized carbons (Fsp3) is 0.923. The lowest BCUT2D eigenvalue weighted by atomic mass is 9.96. The van der Waals surface area contributed by atoms with Crippen LogP contribution in [0.4, 0.5) is 0 Å². The van der Waals surface area contributed by atoms with E-state index in [1.54, 1.807) is 0 Å². The highest BCUT2D eigenvalue weighted by Gasteiger charge is 2.18. The molecule has 0 amide bonds. The third-order valence-corrected chi connectivity index (χ3v) is 2.68. The molecule has 1 atom stereocenters. The highest BCUT2D eigenvalue weighted by molar-refractivity contribution is 5.72. The first-order valence-corrected chi connectivity index (χ1v) is 6.42. The number of rotatable bonds is 9. The molecule has 0 spiro atoms. The standard InChI is InChI=1S/C13H26O2/c1-4-7-9-11-12(10-8-5-2)13(14)15-6-3/h12H,4-11H2,1-3H3. The lowest BCUT2D eigenvalue weighted by Crippen LogP contribution is -2.17. The molecule has 0 aliphatic rings. The second-order valence-electron chi connectivity index (χ2n) is 4.09. The Morgan fingerprint density at radius 1 is 1.00 bits per heavy atom. The summed E-state index contributed by atoms with van der Waals surface area (Å²) in [7, 11) is 0. The van der Waals surface area contributed by atoms with Crippen molar-refractivity contribution in [2.75, 3.05) is 6.61 Å². The lowest BCUT2D eigenvalue weighted by Gasteiger charge is -2.14. The Hall–Kier alpha value is -0.530. The molecule has 0 bridgehead atoms. The molecule has 2 heteroatoms. The molecule has 0 radical (unpaired) electrons. The van der Waals surface area contributed by atoms with Crippen molar-refractivity contribution in [1.29, 1.82) is 0 Å². The van der Waals surface area contributed by atoms with Crippen LogP contribution in [0.5, 0.6) is 0 Å². The third-order valence-electron chi connectivity index (χ3n) is 2.68. The van der Waals surface area contributed by atoms with Crippen LogP contribution >= 0.6 is 0 Å². The minimum absolute atomic E-state index is 0.0158. The summed E-state index contributed by atoms with van der Waals surface area (Å²) in [6.07, 6.45) is 7.89. The Morgan fingerprint density at radius 2 is 1.60 bits per heavy atom. The molecule has 0 N–H and O–H groups in total. The van der Waals surface area contributed by atoms with E-state index in [1.807, 2.05) is 6.92 Å². The van der Waals surface area contributed by atoms with Crippen LogP contribution in [0.25, 0.3) is 0 Å². The van der Waals surface area contributed by atoms with Crippen molar-refractivity contribution in [3.63, 3.8) is 0 Å². The van der Waals surface area contributed by atoms with Crippen LogP contribution in [0.3, 0.4) is 0 Å². The predicted molar refractivity (Wildman–Crippen MR) is 63.8 cm³/mol. The lowest BCUT2D eigenvalue weighted by molar-refractivity contribution is -0.148. The van der Waals surface area contributed by atoms with Crippen molar-refractivity contribution in [2.45, 2.75) is 65.7 Å². The van der Waals surface area contributed by atoms with E-state index >= 15 is 0 Å². The summed E-state index contributed by atoms with van der Waals surface area (Å²) in [5, 5.41) is 0. The monoisotopic (exact) mass is 214 g/mol. The van der Waals surface area contributed by atoms with E-state index in [0.717, 1.165) is 32.1 Å². The number of unbranched alkanes of at least 4 members (excludes halogenated alkanes) is 3. The number of carbonyl (C=O) groups is 1. The van der Waals surface area contributed by atoms with Gasteiger partial charge >= 0.3 is 5.97 Å². The van der Waals surface area contributed by atoms with Crippen LogP contribution in [0, 0.1) is 5.92 Å². The molecule has 0 rings (SSSR count). The molecule has 0 saturated carbocycles. The van der Waals surface area contributed by atoms with E-state index in [9.17, 15) is 4.79 Å². The van der Waals surface area contributed by atoms with Crippen LogP contribution in [-0.2, 0) is 9.53 Å². The number of esters is 1. The Kier molecular flexibility index (Phi) is 9.65. The SMILES string of the molecule is CCCCCC(CCCC)C(=O)OCC. The average Bonchev–Trinajstić information content (AvgIpc) is 2.23. The Morgan fingerprint density at radius 3 is 2.13 bits per heavy atom. The molecule has 0 aromatic heterocycles. The molecule has 15 heavy (non-hydrogen) atoms. The highest BCUT2D eigenvalue weighted by atomic mass is 16.5. The second kappa shape index (κ2) is 10.0. The summed E-state index contributed by atoms with van der Waals surface area (Å²) < 4.78 is 5.09. The van der Waals surface area contributed by atoms with Gasteiger partial charge in [0.25, 0.3) is 0 Å². The highest BCUT2D eigenvalue weighted by Crippen LogP contribution is 2.18. The molecule has 0 aromatic carbocycles. The van der Waals surface area contributed by atoms with Crippen LogP contribution in [0.1, 0.15) is 65.7 Å². The molecular weight excluding hydrogens is 188 g/mol. The maximum absolute atomic E-state index is 11.6. The summed E-state index contributed by atoms with van der Waals surface area (Å²) in [6.45, 7) is 6.73. The predicted octanol–water partition coefficient (Wildman–Crippen LogP) is 3.94. The maximum atomic E-state index is 11.6. The van der Waals surface area contributed by atoms with Gasteiger partial charge in [-0.05, 0) is 19.8 Å². The van der Waals surface area contributed by atoms with E-state index in [1.165, 1.54) is 12.8 Å². The van der Waals surface area contributed by atoms with Crippen LogP contribution < -0.4 is 0 Å². The van der Waals surface area contributed by atoms with E-state index in [0.29, 0.717) is 6.61 Å². The smallest absolute Gasteiger partial charge is 0.308 e. The summed E-state index contributed by atoms with van der Waals surface area (Å²) in [4.78, 5) is 11.6. The minimum Gasteiger partial charge on any atom is -0.466 e. The van der Waals surface area contributed by atoms with Gasteiger partial charge in [0, 0.05) is 0 Å². The summed E-state index contributed by atoms with van der Waals surface area (Å²) in [6, 6.07) is 0. The van der Waals surface area contributed by atoms with Crippen LogP contribution in [0.15, 0.2) is 0 Å². The zero-order valence-electron chi connectivity index (χ0n) is 10.6. The van der Waals surface area contributed by atoms with Crippen molar-refractivity contribution in [3.05, 3.63) is 0 Å². The first-order chi connectivity index (χ1) is 7.26. The van der Waals surface area contributed by atoms with Gasteiger partial charge in [0.05, 0.1) is 12.5 Å². The summed E-state index contributed by atoms with van der Waals surface area (Å²) >= 11 is 0. The van der Waals surface area contributed by atoms with Gasteiger partial charge in [-0.3, -0.25) is 4.79 Å². The summed E-state index contributed by atoms with van der Waals surface area (Å²) in [5.41, 5.74) is 0. The van der Waals surface area contributed by atoms with Crippen LogP contribution in [-0.4, -0.2) is 12.6 Å². The van der Waals surface area contributed by atoms with Gasteiger partial charge in [0.15, 0.2) is 0 Å². The molecule has 0 aliphatic carbocycles. The summed E-state index contributed by atoms with van der Waals surface area (Å²) in [5.74, 6) is 0.165. The quantitative estimate of drug-likeness (QED) is 0.429. The Bertz CT molecular complexity index is 155. The fourth-order valence-corrected chi connectivity index (χ4v) is 1.73. The molecule has 1 unspecified atom stereocenters. The van der Waals surface area contributed by atoms with Gasteiger partial charge in [-0.15, -0.1) is 0 Å². The second-order valence-corrected chi connectivity index (χ2v) is 4.09. The number of ether oxygens (including phenoxy) is 1. The molecule has 0 saturated heterocycles. The zero-order valence-corrected chi connectivity index (χ0v) is 10.6. The van der Waals surface area contributed by atoms with Gasteiger partial charge in [0.2, 0.25) is 0 Å². The van der Waals surface area contributed by atoms with Crippen LogP contribution in [0.2, 0.25) is 0 Å². The van der Waals surface area contributed by atoms with Gasteiger partial charge in [-0.1, -0.05) is 46.0 Å². The topological polar surface area (TPSA) is 26.3 Å². The van der Waals surface area contributed by atoms with Crippen molar-refractivity contribution >= 4 is 5.97 Å². The fourth-order valence-electron chi connectivity index (χ4n) is 1.73. The first kappa shape index (κ1) is 14.5. The minimum atomic E-state index is 0.0158. The van der Waals surface area contributed by atoms with E-state index in [2.05, 4.69) is 13.8 Å². The van der Waals surface area contributed by atoms with E-state index in [4.69, 9.17) is 4.74 Å². The molecule has 0 aliphatic heterocycles. The van der Waals surface area contributed by atoms with Crippen molar-refractivity contribution in [3.8, 4) is 0 Å². The molecular formula is C13H26O2. The number of hydrogen-bond acceptors (Lipinski definition) is 2. The van der Waals surface area contributed by atoms with E-state index in [-0.39, 0.29) is 11.9 Å². The molecule has 0 heterocycles. The normalized spacial score (nSPS) is 12.5. The van der Waals surface area contributed by atoms with E-state index < -0.39 is 0 Å². The zero-order chi connectivity index (χ0) is 11.5. The molecule has 90 valence electrons. The average molecular weight is 214 g/mol. The first-order valence-electron chi connectivity index (χ1n) is 6.42. The van der Waals surface area contributed by atoms with Gasteiger partial charge in [-0.25, -0.2) is 0 Å². The maximum Gasteiger partial charge on any atom is 0.308 e. The molecule has 0 fully saturated rings. The Balaban J connectivity index is 3.87. The van der Waals surface area contributed by atoms with Crippen molar-refractivity contribution in [2.24, 2.45) is 5.92 Å². The van der Waals surface area contributed by atoms with Crippen molar-refractivity contribution < 1.29 is 9.53 Å². The number of carbonyl (C=O) groups excluding carboxylic acids is 1. The Labute approximate surface area is 94.4 Å². The van der Waals surface area contributed by atoms with Gasteiger partial charge in [0.1, 0.15) is 0 Å². The number of hydrogen-bond donors (Lipinski definition) is 0. The largest absolute Gasteiger partial charge is 0.466 e. The van der Waals surface area contributed by atoms with Gasteiger partial charge in [-0.2, -0.15) is 0 Å². The molecule has 2 nitrogen and oxygen atoms in total. The third kappa shape index (κ3) is 7.40.